The minimum atomic E-state index is -1.02. The summed E-state index contributed by atoms with van der Waals surface area (Å²) in [5, 5.41) is 11.0. The van der Waals surface area contributed by atoms with Crippen LogP contribution in [0.25, 0.3) is 0 Å². The summed E-state index contributed by atoms with van der Waals surface area (Å²) >= 11 is 0. The molecule has 21 heavy (non-hydrogen) atoms. The van der Waals surface area contributed by atoms with Gasteiger partial charge in [0.2, 0.25) is 5.91 Å². The molecule has 0 atom stereocenters. The van der Waals surface area contributed by atoms with Crippen molar-refractivity contribution in [2.75, 3.05) is 26.4 Å². The molecule has 1 aromatic rings. The molecule has 0 saturated heterocycles. The molecule has 0 unspecified atom stereocenters. The second kappa shape index (κ2) is 8.97. The van der Waals surface area contributed by atoms with E-state index in [-0.39, 0.29) is 32.1 Å². The lowest BCUT2D eigenvalue weighted by molar-refractivity contribution is -0.142. The van der Waals surface area contributed by atoms with Crippen LogP contribution in [-0.4, -0.2) is 43.3 Å². The molecule has 0 heterocycles. The Morgan fingerprint density at radius 3 is 2.62 bits per heavy atom. The van der Waals surface area contributed by atoms with Crippen LogP contribution in [0.5, 0.6) is 5.75 Å². The highest BCUT2D eigenvalue weighted by atomic mass is 16.5. The summed E-state index contributed by atoms with van der Waals surface area (Å²) in [7, 11) is 0. The monoisotopic (exact) mass is 295 g/mol. The number of carbonyl (C=O) groups excluding carboxylic acids is 1. The van der Waals surface area contributed by atoms with E-state index in [0.29, 0.717) is 6.61 Å². The zero-order valence-corrected chi connectivity index (χ0v) is 12.3. The van der Waals surface area contributed by atoms with Gasteiger partial charge in [-0.05, 0) is 37.1 Å². The molecule has 0 aliphatic carbocycles. The van der Waals surface area contributed by atoms with E-state index in [1.165, 1.54) is 5.56 Å². The van der Waals surface area contributed by atoms with Gasteiger partial charge in [-0.3, -0.25) is 4.79 Å². The van der Waals surface area contributed by atoms with Gasteiger partial charge in [0.15, 0.2) is 0 Å². The molecular weight excluding hydrogens is 274 g/mol. The van der Waals surface area contributed by atoms with E-state index >= 15 is 0 Å². The van der Waals surface area contributed by atoms with Crippen LogP contribution in [0.1, 0.15) is 17.5 Å². The molecule has 0 bridgehead atoms. The zero-order chi connectivity index (χ0) is 15.7. The Labute approximate surface area is 124 Å². The van der Waals surface area contributed by atoms with Crippen molar-refractivity contribution in [3.8, 4) is 5.75 Å². The van der Waals surface area contributed by atoms with E-state index in [1.807, 2.05) is 32.0 Å². The highest BCUT2D eigenvalue weighted by Gasteiger charge is 2.03. The summed E-state index contributed by atoms with van der Waals surface area (Å²) in [5.74, 6) is -0.434. The lowest BCUT2D eigenvalue weighted by atomic mass is 10.1. The first-order valence-corrected chi connectivity index (χ1v) is 6.75. The maximum atomic E-state index is 11.5. The smallest absolute Gasteiger partial charge is 0.329 e. The Hall–Kier alpha value is -2.08. The normalized spacial score (nSPS) is 10.2. The van der Waals surface area contributed by atoms with E-state index in [1.54, 1.807) is 0 Å². The lowest BCUT2D eigenvalue weighted by Gasteiger charge is -2.09. The van der Waals surface area contributed by atoms with E-state index in [4.69, 9.17) is 14.6 Å². The average molecular weight is 295 g/mol. The fourth-order valence-electron chi connectivity index (χ4n) is 1.58. The van der Waals surface area contributed by atoms with E-state index in [9.17, 15) is 9.59 Å². The maximum absolute atomic E-state index is 11.5. The number of aliphatic carboxylic acids is 1. The molecule has 0 aliphatic heterocycles. The fourth-order valence-corrected chi connectivity index (χ4v) is 1.58. The van der Waals surface area contributed by atoms with Gasteiger partial charge < -0.3 is 19.9 Å². The van der Waals surface area contributed by atoms with E-state index < -0.39 is 5.97 Å². The molecule has 2 N–H and O–H groups in total. The Bertz CT molecular complexity index is 487. The van der Waals surface area contributed by atoms with Gasteiger partial charge in [-0.2, -0.15) is 0 Å². The molecule has 6 nitrogen and oxygen atoms in total. The number of carboxylic acids is 1. The first kappa shape index (κ1) is 17.0. The van der Waals surface area contributed by atoms with Crippen LogP contribution >= 0.6 is 0 Å². The second-order valence-electron chi connectivity index (χ2n) is 4.64. The third-order valence-corrected chi connectivity index (χ3v) is 2.87. The van der Waals surface area contributed by atoms with Crippen molar-refractivity contribution >= 4 is 11.9 Å². The van der Waals surface area contributed by atoms with Crippen LogP contribution < -0.4 is 10.1 Å². The highest BCUT2D eigenvalue weighted by Crippen LogP contribution is 2.16. The number of carbonyl (C=O) groups is 2. The van der Waals surface area contributed by atoms with Crippen LogP contribution in [0.15, 0.2) is 18.2 Å². The van der Waals surface area contributed by atoms with Crippen molar-refractivity contribution < 1.29 is 24.2 Å². The van der Waals surface area contributed by atoms with Crippen molar-refractivity contribution in [2.24, 2.45) is 0 Å². The van der Waals surface area contributed by atoms with Crippen molar-refractivity contribution in [3.05, 3.63) is 29.3 Å². The van der Waals surface area contributed by atoms with Crippen LogP contribution in [0.4, 0.5) is 0 Å². The molecule has 116 valence electrons. The Kier molecular flexibility index (Phi) is 7.25. The van der Waals surface area contributed by atoms with Gasteiger partial charge in [0.05, 0.1) is 19.6 Å². The van der Waals surface area contributed by atoms with Gasteiger partial charge in [0.25, 0.3) is 0 Å². The zero-order valence-electron chi connectivity index (χ0n) is 12.3. The van der Waals surface area contributed by atoms with Crippen molar-refractivity contribution in [3.63, 3.8) is 0 Å². The van der Waals surface area contributed by atoms with E-state index in [2.05, 4.69) is 5.32 Å². The molecule has 1 amide bonds. The minimum Gasteiger partial charge on any atom is -0.493 e. The quantitative estimate of drug-likeness (QED) is 0.671. The average Bonchev–Trinajstić information content (AvgIpc) is 2.42. The Morgan fingerprint density at radius 1 is 1.19 bits per heavy atom. The van der Waals surface area contributed by atoms with Crippen molar-refractivity contribution in [1.29, 1.82) is 0 Å². The molecule has 0 fully saturated rings. The van der Waals surface area contributed by atoms with Gasteiger partial charge in [0, 0.05) is 6.54 Å². The van der Waals surface area contributed by atoms with Crippen LogP contribution in [0.3, 0.4) is 0 Å². The summed E-state index contributed by atoms with van der Waals surface area (Å²) < 4.78 is 10.3. The van der Waals surface area contributed by atoms with Gasteiger partial charge in [0.1, 0.15) is 12.4 Å². The number of benzene rings is 1. The standard InChI is InChI=1S/C15H21NO5/c1-11-3-4-13(9-12(11)2)21-7-5-14(17)16-6-8-20-10-15(18)19/h3-4,9H,5-8,10H2,1-2H3,(H,16,17)(H,18,19). The number of carboxylic acid groups (broad SMARTS) is 1. The highest BCUT2D eigenvalue weighted by molar-refractivity contribution is 5.75. The fraction of sp³-hybridized carbons (Fsp3) is 0.467. The number of aryl methyl sites for hydroxylation is 2. The Morgan fingerprint density at radius 2 is 1.95 bits per heavy atom. The number of amides is 1. The molecule has 1 aromatic carbocycles. The summed E-state index contributed by atoms with van der Waals surface area (Å²) in [5.41, 5.74) is 2.34. The molecule has 1 rings (SSSR count). The topological polar surface area (TPSA) is 84.9 Å². The minimum absolute atomic E-state index is 0.155. The van der Waals surface area contributed by atoms with Gasteiger partial charge in [-0.25, -0.2) is 4.79 Å². The summed E-state index contributed by atoms with van der Waals surface area (Å²) in [6, 6.07) is 5.79. The van der Waals surface area contributed by atoms with E-state index in [0.717, 1.165) is 11.3 Å². The van der Waals surface area contributed by atoms with Crippen LogP contribution in [-0.2, 0) is 14.3 Å². The molecule has 6 heteroatoms. The number of nitrogens with one attached hydrogen (secondary N) is 1. The number of ether oxygens (including phenoxy) is 2. The van der Waals surface area contributed by atoms with Gasteiger partial charge >= 0.3 is 5.97 Å². The van der Waals surface area contributed by atoms with Gasteiger partial charge in [-0.15, -0.1) is 0 Å². The first-order valence-electron chi connectivity index (χ1n) is 6.75. The molecule has 0 spiro atoms. The summed E-state index contributed by atoms with van der Waals surface area (Å²) in [6.07, 6.45) is 0.242. The lowest BCUT2D eigenvalue weighted by Crippen LogP contribution is -2.29. The SMILES string of the molecule is Cc1ccc(OCCC(=O)NCCOCC(=O)O)cc1C. The van der Waals surface area contributed by atoms with Crippen molar-refractivity contribution in [2.45, 2.75) is 20.3 Å². The summed E-state index contributed by atoms with van der Waals surface area (Å²) in [4.78, 5) is 21.7. The third-order valence-electron chi connectivity index (χ3n) is 2.87. The first-order chi connectivity index (χ1) is 9.99. The van der Waals surface area contributed by atoms with Crippen LogP contribution in [0, 0.1) is 13.8 Å². The molecule has 0 aliphatic rings. The summed E-state index contributed by atoms with van der Waals surface area (Å²) in [6.45, 7) is 4.44. The van der Waals surface area contributed by atoms with Crippen LogP contribution in [0.2, 0.25) is 0 Å². The predicted octanol–water partition coefficient (Wildman–Crippen LogP) is 1.29. The predicted molar refractivity (Wildman–Crippen MR) is 77.5 cm³/mol. The maximum Gasteiger partial charge on any atom is 0.329 e. The largest absolute Gasteiger partial charge is 0.493 e. The second-order valence-corrected chi connectivity index (χ2v) is 4.64. The van der Waals surface area contributed by atoms with Crippen molar-refractivity contribution in [1.82, 2.24) is 5.32 Å². The third kappa shape index (κ3) is 7.31. The molecule has 0 aromatic heterocycles. The molecule has 0 saturated carbocycles. The Balaban J connectivity index is 2.13. The number of hydrogen-bond acceptors (Lipinski definition) is 4. The number of hydrogen-bond donors (Lipinski definition) is 2. The molecule has 0 radical (unpaired) electrons. The van der Waals surface area contributed by atoms with Gasteiger partial charge in [-0.1, -0.05) is 6.07 Å². The molecular formula is C15H21NO5. The number of rotatable bonds is 9.